The molecule has 1 saturated heterocycles. The summed E-state index contributed by atoms with van der Waals surface area (Å²) < 4.78 is 13.1. The van der Waals surface area contributed by atoms with Gasteiger partial charge in [-0.05, 0) is 44.4 Å². The average Bonchev–Trinajstić information content (AvgIpc) is 3.33. The van der Waals surface area contributed by atoms with Gasteiger partial charge >= 0.3 is 0 Å². The number of hydrogen-bond acceptors (Lipinski definition) is 5. The molecule has 3 amide bonds. The van der Waals surface area contributed by atoms with E-state index in [-0.39, 0.29) is 42.6 Å². The van der Waals surface area contributed by atoms with Gasteiger partial charge in [-0.3, -0.25) is 24.2 Å². The highest BCUT2D eigenvalue weighted by molar-refractivity contribution is 5.95. The Morgan fingerprint density at radius 2 is 1.69 bits per heavy atom. The molecule has 0 bridgehead atoms. The van der Waals surface area contributed by atoms with E-state index in [0.29, 0.717) is 25.8 Å². The van der Waals surface area contributed by atoms with Gasteiger partial charge in [0.05, 0.1) is 6.04 Å². The number of Topliss-reactive ketones (excluding diaryl/α,β-unsaturated/α-hetero) is 1. The van der Waals surface area contributed by atoms with Crippen LogP contribution in [0.15, 0.2) is 4.99 Å². The van der Waals surface area contributed by atoms with Gasteiger partial charge in [-0.2, -0.15) is 0 Å². The molecule has 1 heterocycles. The minimum absolute atomic E-state index is 0.0816. The fourth-order valence-electron chi connectivity index (χ4n) is 4.81. The molecule has 35 heavy (non-hydrogen) atoms. The van der Waals surface area contributed by atoms with Crippen molar-refractivity contribution in [3.05, 3.63) is 0 Å². The van der Waals surface area contributed by atoms with Crippen molar-refractivity contribution < 1.29 is 23.6 Å². The van der Waals surface area contributed by atoms with Crippen molar-refractivity contribution in [1.29, 1.82) is 0 Å². The van der Waals surface area contributed by atoms with Gasteiger partial charge in [0, 0.05) is 19.0 Å². The van der Waals surface area contributed by atoms with Gasteiger partial charge in [0.15, 0.2) is 11.7 Å². The van der Waals surface area contributed by atoms with Crippen LogP contribution >= 0.6 is 0 Å². The van der Waals surface area contributed by atoms with E-state index in [2.05, 4.69) is 15.6 Å². The van der Waals surface area contributed by atoms with Gasteiger partial charge < -0.3 is 27.0 Å². The molecular formula is C24H41FN6O4. The van der Waals surface area contributed by atoms with E-state index in [1.165, 1.54) is 4.90 Å². The molecule has 198 valence electrons. The van der Waals surface area contributed by atoms with Crippen molar-refractivity contribution in [2.45, 2.75) is 89.8 Å². The first kappa shape index (κ1) is 28.5. The summed E-state index contributed by atoms with van der Waals surface area (Å²) in [6.07, 6.45) is 6.42. The molecule has 2 fully saturated rings. The molecule has 0 aromatic rings. The van der Waals surface area contributed by atoms with E-state index in [0.717, 1.165) is 32.1 Å². The second-order valence-electron chi connectivity index (χ2n) is 9.86. The van der Waals surface area contributed by atoms with Gasteiger partial charge in [0.25, 0.3) is 0 Å². The fraction of sp³-hybridized carbons (Fsp3) is 0.792. The smallest absolute Gasteiger partial charge is 0.246 e. The Balaban J connectivity index is 2.04. The number of ketones is 1. The van der Waals surface area contributed by atoms with Crippen LogP contribution in [0.5, 0.6) is 0 Å². The Morgan fingerprint density at radius 3 is 2.29 bits per heavy atom. The minimum Gasteiger partial charge on any atom is -0.370 e. The highest BCUT2D eigenvalue weighted by atomic mass is 19.1. The van der Waals surface area contributed by atoms with E-state index in [1.807, 2.05) is 13.8 Å². The molecule has 1 saturated carbocycles. The van der Waals surface area contributed by atoms with Crippen LogP contribution in [0.25, 0.3) is 0 Å². The summed E-state index contributed by atoms with van der Waals surface area (Å²) in [6, 6.07) is -2.53. The minimum atomic E-state index is -1.21. The average molecular weight is 497 g/mol. The molecule has 6 N–H and O–H groups in total. The third-order valence-electron chi connectivity index (χ3n) is 6.83. The summed E-state index contributed by atoms with van der Waals surface area (Å²) in [6.45, 7) is 3.15. The Kier molecular flexibility index (Phi) is 11.4. The number of nitrogens with one attached hydrogen (secondary N) is 2. The summed E-state index contributed by atoms with van der Waals surface area (Å²) in [5.74, 6) is -1.96. The molecular weight excluding hydrogens is 455 g/mol. The van der Waals surface area contributed by atoms with Gasteiger partial charge in [-0.1, -0.05) is 33.1 Å². The zero-order chi connectivity index (χ0) is 26.0. The zero-order valence-corrected chi connectivity index (χ0v) is 20.9. The number of carbonyl (C=O) groups excluding carboxylic acids is 4. The second kappa shape index (κ2) is 14.0. The molecule has 0 aromatic carbocycles. The summed E-state index contributed by atoms with van der Waals surface area (Å²) in [5, 5.41) is 5.56. The van der Waals surface area contributed by atoms with Crippen LogP contribution in [0.3, 0.4) is 0 Å². The Hall–Kier alpha value is -2.72. The Bertz CT molecular complexity index is 780. The number of aliphatic imine (C=N–C) groups is 1. The monoisotopic (exact) mass is 496 g/mol. The quantitative estimate of drug-likeness (QED) is 0.177. The van der Waals surface area contributed by atoms with Crippen molar-refractivity contribution in [3.8, 4) is 0 Å². The van der Waals surface area contributed by atoms with Crippen molar-refractivity contribution >= 4 is 29.5 Å². The standard InChI is InChI=1S/C24H41FN6O4/c1-15(2)20(30-21(33)16-8-4-3-5-9-16)23(35)31-13-7-11-18(31)22(34)29-17(19(32)14-25)10-6-12-28-24(26)27/h15-18,20H,3-14H2,1-2H3,(H,29,34)(H,30,33)(H4,26,27,28)/t17-,18-,20-/m0/s1. The number of halogens is 1. The van der Waals surface area contributed by atoms with Crippen LogP contribution in [0.4, 0.5) is 4.39 Å². The number of nitrogens with two attached hydrogens (primary N) is 2. The number of likely N-dealkylation sites (tertiary alicyclic amines) is 1. The lowest BCUT2D eigenvalue weighted by molar-refractivity contribution is -0.143. The maximum absolute atomic E-state index is 13.4. The molecule has 0 spiro atoms. The van der Waals surface area contributed by atoms with E-state index in [4.69, 9.17) is 11.5 Å². The number of nitrogens with zero attached hydrogens (tertiary/aromatic N) is 2. The Labute approximate surface area is 206 Å². The normalized spacial score (nSPS) is 20.2. The predicted octanol–water partition coefficient (Wildman–Crippen LogP) is 0.776. The summed E-state index contributed by atoms with van der Waals surface area (Å²) >= 11 is 0. The SMILES string of the molecule is CC(C)[C@H](NC(=O)C1CCCCC1)C(=O)N1CCC[C@H]1C(=O)N[C@@H](CCCN=C(N)N)C(=O)CF. The van der Waals surface area contributed by atoms with Crippen LogP contribution in [-0.2, 0) is 19.2 Å². The third kappa shape index (κ3) is 8.47. The second-order valence-corrected chi connectivity index (χ2v) is 9.86. The Morgan fingerprint density at radius 1 is 1.00 bits per heavy atom. The number of guanidine groups is 1. The van der Waals surface area contributed by atoms with E-state index >= 15 is 0 Å². The largest absolute Gasteiger partial charge is 0.370 e. The summed E-state index contributed by atoms with van der Waals surface area (Å²) in [5.41, 5.74) is 10.6. The molecule has 1 aliphatic carbocycles. The maximum atomic E-state index is 13.4. The first-order valence-corrected chi connectivity index (χ1v) is 12.7. The molecule has 11 heteroatoms. The molecule has 0 radical (unpaired) electrons. The van der Waals surface area contributed by atoms with E-state index in [1.54, 1.807) is 0 Å². The summed E-state index contributed by atoms with van der Waals surface area (Å²) in [7, 11) is 0. The lowest BCUT2D eigenvalue weighted by Gasteiger charge is -2.32. The molecule has 0 unspecified atom stereocenters. The van der Waals surface area contributed by atoms with Crippen molar-refractivity contribution in [1.82, 2.24) is 15.5 Å². The number of alkyl halides is 1. The first-order chi connectivity index (χ1) is 16.6. The maximum Gasteiger partial charge on any atom is 0.246 e. The highest BCUT2D eigenvalue weighted by Gasteiger charge is 2.40. The van der Waals surface area contributed by atoms with Crippen molar-refractivity contribution in [2.75, 3.05) is 19.8 Å². The predicted molar refractivity (Wildman–Crippen MR) is 131 cm³/mol. The molecule has 1 aliphatic heterocycles. The number of amides is 3. The van der Waals surface area contributed by atoms with Crippen LogP contribution in [0.2, 0.25) is 0 Å². The van der Waals surface area contributed by atoms with Gasteiger partial charge in [0.1, 0.15) is 18.8 Å². The van der Waals surface area contributed by atoms with E-state index < -0.39 is 36.5 Å². The van der Waals surface area contributed by atoms with Crippen molar-refractivity contribution in [2.24, 2.45) is 28.3 Å². The van der Waals surface area contributed by atoms with Gasteiger partial charge in [-0.15, -0.1) is 0 Å². The highest BCUT2D eigenvalue weighted by Crippen LogP contribution is 2.25. The molecule has 10 nitrogen and oxygen atoms in total. The van der Waals surface area contributed by atoms with Gasteiger partial charge in [-0.25, -0.2) is 4.39 Å². The van der Waals surface area contributed by atoms with Crippen LogP contribution in [-0.4, -0.2) is 72.3 Å². The zero-order valence-electron chi connectivity index (χ0n) is 20.9. The van der Waals surface area contributed by atoms with Crippen LogP contribution < -0.4 is 22.1 Å². The first-order valence-electron chi connectivity index (χ1n) is 12.7. The molecule has 0 aromatic heterocycles. The molecule has 2 rings (SSSR count). The molecule has 2 aliphatic rings. The number of rotatable bonds is 12. The van der Waals surface area contributed by atoms with Crippen LogP contribution in [0, 0.1) is 11.8 Å². The lowest BCUT2D eigenvalue weighted by atomic mass is 9.88. The van der Waals surface area contributed by atoms with Crippen molar-refractivity contribution in [3.63, 3.8) is 0 Å². The third-order valence-corrected chi connectivity index (χ3v) is 6.83. The van der Waals surface area contributed by atoms with Crippen LogP contribution in [0.1, 0.15) is 71.6 Å². The fourth-order valence-corrected chi connectivity index (χ4v) is 4.81. The van der Waals surface area contributed by atoms with Gasteiger partial charge in [0.2, 0.25) is 17.7 Å². The molecule has 3 atom stereocenters. The lowest BCUT2D eigenvalue weighted by Crippen LogP contribution is -2.57. The summed E-state index contributed by atoms with van der Waals surface area (Å²) in [4.78, 5) is 56.7. The van der Waals surface area contributed by atoms with E-state index in [9.17, 15) is 23.6 Å². The number of hydrogen-bond donors (Lipinski definition) is 4. The topological polar surface area (TPSA) is 160 Å². The number of carbonyl (C=O) groups is 4.